The number of nitrogens with zero attached hydrogens (tertiary/aromatic N) is 4. The number of hydrogen-bond acceptors (Lipinski definition) is 10. The smallest absolute Gasteiger partial charge is 0.382 e. The first kappa shape index (κ1) is 18.5. The van der Waals surface area contributed by atoms with Gasteiger partial charge in [-0.15, -0.1) is 0 Å². The van der Waals surface area contributed by atoms with Crippen molar-refractivity contribution in [2.75, 3.05) is 18.1 Å². The standard InChI is InChI=1S/C13H19N6O7P/c1-13(2)25-7-5(3-23-27(20,21)22)24-11(8(7)26-13)19-4-16-6-9(14)17-12(15)18-10(6)19/h4-5,7-8,11H,3H2,1-2H3,(H2,20,21,22)(H4,14,15,17,18)/t5-,7-,8-,11-/m1/s1. The Kier molecular flexibility index (Phi) is 4.16. The summed E-state index contributed by atoms with van der Waals surface area (Å²) < 4.78 is 34.9. The number of fused-ring (bicyclic) bond motifs is 2. The van der Waals surface area contributed by atoms with E-state index in [9.17, 15) is 4.57 Å². The predicted molar refractivity (Wildman–Crippen MR) is 89.9 cm³/mol. The van der Waals surface area contributed by atoms with E-state index < -0.39 is 38.1 Å². The molecule has 2 aromatic heterocycles. The summed E-state index contributed by atoms with van der Waals surface area (Å²) in [6.07, 6.45) is -1.30. The Morgan fingerprint density at radius 1 is 1.30 bits per heavy atom. The van der Waals surface area contributed by atoms with Gasteiger partial charge in [-0.1, -0.05) is 0 Å². The molecule has 2 aliphatic heterocycles. The maximum atomic E-state index is 11.1. The van der Waals surface area contributed by atoms with Crippen molar-refractivity contribution in [3.63, 3.8) is 0 Å². The molecule has 4 heterocycles. The maximum absolute atomic E-state index is 11.1. The van der Waals surface area contributed by atoms with Gasteiger partial charge >= 0.3 is 7.82 Å². The Labute approximate surface area is 152 Å². The minimum absolute atomic E-state index is 0.0263. The lowest BCUT2D eigenvalue weighted by Gasteiger charge is -2.24. The quantitative estimate of drug-likeness (QED) is 0.481. The third kappa shape index (κ3) is 3.38. The molecule has 0 radical (unpaired) electrons. The third-order valence-electron chi connectivity index (χ3n) is 4.27. The summed E-state index contributed by atoms with van der Waals surface area (Å²) in [7, 11) is -4.67. The zero-order valence-corrected chi connectivity index (χ0v) is 15.3. The van der Waals surface area contributed by atoms with Crippen LogP contribution in [0.2, 0.25) is 0 Å². The molecule has 0 saturated carbocycles. The van der Waals surface area contributed by atoms with Crippen LogP contribution in [0, 0.1) is 0 Å². The van der Waals surface area contributed by atoms with Gasteiger partial charge in [0, 0.05) is 0 Å². The number of ether oxygens (including phenoxy) is 3. The third-order valence-corrected chi connectivity index (χ3v) is 4.76. The van der Waals surface area contributed by atoms with Crippen molar-refractivity contribution >= 4 is 30.8 Å². The first-order chi connectivity index (χ1) is 12.5. The van der Waals surface area contributed by atoms with Gasteiger partial charge in [-0.3, -0.25) is 9.09 Å². The number of nitrogen functional groups attached to an aromatic ring is 2. The lowest BCUT2D eigenvalue weighted by molar-refractivity contribution is -0.199. The van der Waals surface area contributed by atoms with E-state index in [-0.39, 0.29) is 18.4 Å². The lowest BCUT2D eigenvalue weighted by atomic mass is 10.1. The van der Waals surface area contributed by atoms with Crippen molar-refractivity contribution in [1.82, 2.24) is 19.5 Å². The molecule has 4 rings (SSSR count). The largest absolute Gasteiger partial charge is 0.469 e. The molecule has 0 bridgehead atoms. The lowest BCUT2D eigenvalue weighted by Crippen LogP contribution is -2.32. The zero-order valence-electron chi connectivity index (χ0n) is 14.4. The fraction of sp³-hybridized carbons (Fsp3) is 0.615. The van der Waals surface area contributed by atoms with Gasteiger partial charge in [0.1, 0.15) is 23.8 Å². The molecule has 0 spiro atoms. The van der Waals surface area contributed by atoms with Crippen molar-refractivity contribution in [1.29, 1.82) is 0 Å². The van der Waals surface area contributed by atoms with Gasteiger partial charge in [-0.05, 0) is 13.8 Å². The first-order valence-corrected chi connectivity index (χ1v) is 9.54. The van der Waals surface area contributed by atoms with E-state index in [1.165, 1.54) is 6.33 Å². The molecule has 2 aromatic rings. The van der Waals surface area contributed by atoms with Gasteiger partial charge in [0.05, 0.1) is 12.9 Å². The molecule has 0 aliphatic carbocycles. The molecule has 2 fully saturated rings. The molecule has 0 unspecified atom stereocenters. The predicted octanol–water partition coefficient (Wildman–Crippen LogP) is -0.483. The van der Waals surface area contributed by atoms with Crippen LogP contribution >= 0.6 is 7.82 Å². The second-order valence-electron chi connectivity index (χ2n) is 6.71. The van der Waals surface area contributed by atoms with Crippen LogP contribution in [-0.4, -0.2) is 60.0 Å². The summed E-state index contributed by atoms with van der Waals surface area (Å²) >= 11 is 0. The Morgan fingerprint density at radius 2 is 2.00 bits per heavy atom. The van der Waals surface area contributed by atoms with Crippen LogP contribution in [0.3, 0.4) is 0 Å². The van der Waals surface area contributed by atoms with Gasteiger partial charge in [-0.25, -0.2) is 9.55 Å². The first-order valence-electron chi connectivity index (χ1n) is 8.01. The van der Waals surface area contributed by atoms with Gasteiger partial charge in [0.25, 0.3) is 0 Å². The van der Waals surface area contributed by atoms with Crippen LogP contribution in [0.5, 0.6) is 0 Å². The summed E-state index contributed by atoms with van der Waals surface area (Å²) in [5.74, 6) is -0.820. The normalized spacial score (nSPS) is 30.1. The van der Waals surface area contributed by atoms with E-state index in [1.54, 1.807) is 18.4 Å². The number of nitrogens with two attached hydrogens (primary N) is 2. The fourth-order valence-electron chi connectivity index (χ4n) is 3.33. The Bertz CT molecular complexity index is 929. The number of phosphoric ester groups is 1. The van der Waals surface area contributed by atoms with Gasteiger partial charge in [0.15, 0.2) is 23.5 Å². The van der Waals surface area contributed by atoms with Crippen LogP contribution in [-0.2, 0) is 23.3 Å². The summed E-state index contributed by atoms with van der Waals surface area (Å²) in [6.45, 7) is 3.08. The van der Waals surface area contributed by atoms with Crippen molar-refractivity contribution in [2.24, 2.45) is 0 Å². The maximum Gasteiger partial charge on any atom is 0.469 e. The SMILES string of the molecule is CC1(C)O[C@@H]2[C@H](O1)[C@@H](COP(=O)(O)O)O[C@H]2n1cnc2c(N)nc(N)nc21. The van der Waals surface area contributed by atoms with Gasteiger partial charge < -0.3 is 35.5 Å². The molecule has 2 aliphatic rings. The summed E-state index contributed by atoms with van der Waals surface area (Å²) in [4.78, 5) is 30.2. The van der Waals surface area contributed by atoms with Crippen molar-refractivity contribution < 1.29 is 33.1 Å². The molecular weight excluding hydrogens is 383 g/mol. The second kappa shape index (κ2) is 6.07. The average molecular weight is 402 g/mol. The number of aromatic nitrogens is 4. The molecule has 2 saturated heterocycles. The molecule has 0 aromatic carbocycles. The van der Waals surface area contributed by atoms with Crippen LogP contribution in [0.25, 0.3) is 11.2 Å². The van der Waals surface area contributed by atoms with E-state index >= 15 is 0 Å². The topological polar surface area (TPSA) is 190 Å². The molecule has 27 heavy (non-hydrogen) atoms. The van der Waals surface area contributed by atoms with Gasteiger partial charge in [-0.2, -0.15) is 9.97 Å². The van der Waals surface area contributed by atoms with E-state index in [4.69, 9.17) is 35.5 Å². The fourth-order valence-corrected chi connectivity index (χ4v) is 3.67. The number of anilines is 2. The van der Waals surface area contributed by atoms with Crippen LogP contribution < -0.4 is 11.5 Å². The molecule has 4 atom stereocenters. The number of imidazole rings is 1. The molecule has 13 nitrogen and oxygen atoms in total. The van der Waals surface area contributed by atoms with E-state index in [0.29, 0.717) is 11.2 Å². The summed E-state index contributed by atoms with van der Waals surface area (Å²) in [5.41, 5.74) is 12.2. The van der Waals surface area contributed by atoms with Crippen molar-refractivity contribution in [2.45, 2.75) is 44.2 Å². The second-order valence-corrected chi connectivity index (χ2v) is 7.95. The molecule has 14 heteroatoms. The Balaban J connectivity index is 1.69. The number of rotatable bonds is 4. The molecule has 6 N–H and O–H groups in total. The highest BCUT2D eigenvalue weighted by Crippen LogP contribution is 2.45. The minimum Gasteiger partial charge on any atom is -0.382 e. The minimum atomic E-state index is -4.67. The van der Waals surface area contributed by atoms with Crippen LogP contribution in [0.4, 0.5) is 11.8 Å². The molecular formula is C13H19N6O7P. The highest BCUT2D eigenvalue weighted by Gasteiger charge is 2.56. The summed E-state index contributed by atoms with van der Waals surface area (Å²) in [6, 6.07) is 0. The van der Waals surface area contributed by atoms with E-state index in [2.05, 4.69) is 19.5 Å². The number of phosphoric acid groups is 1. The molecule has 148 valence electrons. The highest BCUT2D eigenvalue weighted by molar-refractivity contribution is 7.46. The number of hydrogen-bond donors (Lipinski definition) is 4. The monoisotopic (exact) mass is 402 g/mol. The average Bonchev–Trinajstić information content (AvgIpc) is 3.15. The van der Waals surface area contributed by atoms with Gasteiger partial charge in [0.2, 0.25) is 5.95 Å². The highest BCUT2D eigenvalue weighted by atomic mass is 31.2. The summed E-state index contributed by atoms with van der Waals surface area (Å²) in [5, 5.41) is 0. The van der Waals surface area contributed by atoms with Crippen molar-refractivity contribution in [3.05, 3.63) is 6.33 Å². The zero-order chi connectivity index (χ0) is 19.6. The van der Waals surface area contributed by atoms with E-state index in [0.717, 1.165) is 0 Å². The van der Waals surface area contributed by atoms with Crippen molar-refractivity contribution in [3.8, 4) is 0 Å². The van der Waals surface area contributed by atoms with E-state index in [1.807, 2.05) is 0 Å². The molecule has 0 amide bonds. The Morgan fingerprint density at radius 3 is 2.70 bits per heavy atom. The Hall–Kier alpha value is -1.86. The van der Waals surface area contributed by atoms with Crippen LogP contribution in [0.15, 0.2) is 6.33 Å². The van der Waals surface area contributed by atoms with Crippen LogP contribution in [0.1, 0.15) is 20.1 Å².